The van der Waals surface area contributed by atoms with Gasteiger partial charge in [0.2, 0.25) is 0 Å². The Kier molecular flexibility index (Phi) is 2.67. The molecule has 3 heteroatoms. The van der Waals surface area contributed by atoms with Crippen LogP contribution in [0.5, 0.6) is 5.75 Å². The van der Waals surface area contributed by atoms with Gasteiger partial charge in [-0.1, -0.05) is 18.2 Å². The molecule has 1 aromatic rings. The molecule has 15 heavy (non-hydrogen) atoms. The number of rotatable bonds is 3. The first-order valence-electron chi connectivity index (χ1n) is 5.26. The van der Waals surface area contributed by atoms with Crippen LogP contribution in [0.1, 0.15) is 18.1 Å². The molecule has 0 saturated heterocycles. The van der Waals surface area contributed by atoms with E-state index in [0.717, 1.165) is 24.3 Å². The fraction of sp³-hybridized carbons (Fsp3) is 0.500. The van der Waals surface area contributed by atoms with Crippen LogP contribution in [0.15, 0.2) is 18.2 Å². The number of para-hydroxylation sites is 1. The SMILES string of the molecule is CC(N)(CO)Cc1cccc2c1OCC2. The predicted octanol–water partition coefficient (Wildman–Crippen LogP) is 0.874. The van der Waals surface area contributed by atoms with E-state index < -0.39 is 5.54 Å². The third-order valence-electron chi connectivity index (χ3n) is 2.75. The molecular weight excluding hydrogens is 190 g/mol. The number of hydrogen-bond acceptors (Lipinski definition) is 3. The average molecular weight is 207 g/mol. The van der Waals surface area contributed by atoms with Gasteiger partial charge in [-0.05, 0) is 24.5 Å². The maximum atomic E-state index is 9.14. The minimum Gasteiger partial charge on any atom is -0.493 e. The van der Waals surface area contributed by atoms with Crippen molar-refractivity contribution in [3.05, 3.63) is 29.3 Å². The standard InChI is InChI=1S/C12H17NO2/c1-12(13,8-14)7-10-4-2-3-9-5-6-15-11(9)10/h2-4,14H,5-8,13H2,1H3. The monoisotopic (exact) mass is 207 g/mol. The van der Waals surface area contributed by atoms with Crippen LogP contribution in [0.25, 0.3) is 0 Å². The Morgan fingerprint density at radius 2 is 2.33 bits per heavy atom. The maximum Gasteiger partial charge on any atom is 0.125 e. The summed E-state index contributed by atoms with van der Waals surface area (Å²) >= 11 is 0. The first kappa shape index (κ1) is 10.5. The van der Waals surface area contributed by atoms with Gasteiger partial charge in [-0.15, -0.1) is 0 Å². The summed E-state index contributed by atoms with van der Waals surface area (Å²) in [6.45, 7) is 2.59. The Hall–Kier alpha value is -1.06. The van der Waals surface area contributed by atoms with E-state index in [-0.39, 0.29) is 6.61 Å². The molecule has 0 fully saturated rings. The molecule has 3 nitrogen and oxygen atoms in total. The van der Waals surface area contributed by atoms with Crippen molar-refractivity contribution < 1.29 is 9.84 Å². The van der Waals surface area contributed by atoms with Gasteiger partial charge in [-0.2, -0.15) is 0 Å². The second-order valence-corrected chi connectivity index (χ2v) is 4.49. The summed E-state index contributed by atoms with van der Waals surface area (Å²) in [6, 6.07) is 6.12. The van der Waals surface area contributed by atoms with E-state index in [9.17, 15) is 0 Å². The van der Waals surface area contributed by atoms with Crippen LogP contribution >= 0.6 is 0 Å². The molecule has 0 amide bonds. The first-order valence-corrected chi connectivity index (χ1v) is 5.26. The highest BCUT2D eigenvalue weighted by Crippen LogP contribution is 2.31. The number of ether oxygens (including phenoxy) is 1. The number of nitrogens with two attached hydrogens (primary N) is 1. The molecule has 1 aromatic carbocycles. The maximum absolute atomic E-state index is 9.14. The van der Waals surface area contributed by atoms with Crippen LogP contribution in [0.3, 0.4) is 0 Å². The van der Waals surface area contributed by atoms with E-state index in [1.165, 1.54) is 5.56 Å². The quantitative estimate of drug-likeness (QED) is 0.773. The van der Waals surface area contributed by atoms with Gasteiger partial charge in [0.25, 0.3) is 0 Å². The van der Waals surface area contributed by atoms with Gasteiger partial charge in [0, 0.05) is 12.0 Å². The topological polar surface area (TPSA) is 55.5 Å². The highest BCUT2D eigenvalue weighted by molar-refractivity contribution is 5.44. The molecule has 2 rings (SSSR count). The van der Waals surface area contributed by atoms with Crippen LogP contribution in [0.4, 0.5) is 0 Å². The van der Waals surface area contributed by atoms with Crippen molar-refractivity contribution in [1.82, 2.24) is 0 Å². The lowest BCUT2D eigenvalue weighted by molar-refractivity contribution is 0.207. The Balaban J connectivity index is 2.26. The van der Waals surface area contributed by atoms with E-state index in [0.29, 0.717) is 6.42 Å². The fourth-order valence-electron chi connectivity index (χ4n) is 1.91. The van der Waals surface area contributed by atoms with Crippen LogP contribution in [-0.4, -0.2) is 23.9 Å². The predicted molar refractivity (Wildman–Crippen MR) is 59.0 cm³/mol. The van der Waals surface area contributed by atoms with Gasteiger partial charge in [-0.25, -0.2) is 0 Å². The van der Waals surface area contributed by atoms with E-state index in [4.69, 9.17) is 15.6 Å². The summed E-state index contributed by atoms with van der Waals surface area (Å²) < 4.78 is 5.58. The molecule has 1 aliphatic rings. The summed E-state index contributed by atoms with van der Waals surface area (Å²) in [5, 5.41) is 9.14. The van der Waals surface area contributed by atoms with Gasteiger partial charge in [0.1, 0.15) is 5.75 Å². The lowest BCUT2D eigenvalue weighted by Crippen LogP contribution is -2.42. The van der Waals surface area contributed by atoms with Crippen LogP contribution in [-0.2, 0) is 12.8 Å². The summed E-state index contributed by atoms with van der Waals surface area (Å²) in [4.78, 5) is 0. The minimum atomic E-state index is -0.568. The number of benzene rings is 1. The Bertz CT molecular complexity index is 361. The van der Waals surface area contributed by atoms with Crippen molar-refractivity contribution in [1.29, 1.82) is 0 Å². The summed E-state index contributed by atoms with van der Waals surface area (Å²) in [5.74, 6) is 0.975. The fourth-order valence-corrected chi connectivity index (χ4v) is 1.91. The lowest BCUT2D eigenvalue weighted by atomic mass is 9.93. The molecule has 0 aliphatic carbocycles. The molecule has 1 unspecified atom stereocenters. The zero-order valence-electron chi connectivity index (χ0n) is 8.99. The molecule has 0 bridgehead atoms. The van der Waals surface area contributed by atoms with Crippen molar-refractivity contribution in [2.75, 3.05) is 13.2 Å². The number of fused-ring (bicyclic) bond motifs is 1. The van der Waals surface area contributed by atoms with E-state index in [1.54, 1.807) is 0 Å². The summed E-state index contributed by atoms with van der Waals surface area (Å²) in [7, 11) is 0. The van der Waals surface area contributed by atoms with Gasteiger partial charge >= 0.3 is 0 Å². The Labute approximate surface area is 89.9 Å². The molecule has 0 aromatic heterocycles. The van der Waals surface area contributed by atoms with Crippen molar-refractivity contribution in [2.45, 2.75) is 25.3 Å². The average Bonchev–Trinajstić information content (AvgIpc) is 2.66. The Morgan fingerprint density at radius 1 is 1.53 bits per heavy atom. The third kappa shape index (κ3) is 2.13. The van der Waals surface area contributed by atoms with Crippen molar-refractivity contribution in [2.24, 2.45) is 5.73 Å². The smallest absolute Gasteiger partial charge is 0.125 e. The van der Waals surface area contributed by atoms with Crippen molar-refractivity contribution in [3.8, 4) is 5.75 Å². The second kappa shape index (κ2) is 3.83. The van der Waals surface area contributed by atoms with Gasteiger partial charge in [0.15, 0.2) is 0 Å². The molecule has 3 N–H and O–H groups in total. The third-order valence-corrected chi connectivity index (χ3v) is 2.75. The normalized spacial score (nSPS) is 18.1. The highest BCUT2D eigenvalue weighted by Gasteiger charge is 2.23. The largest absolute Gasteiger partial charge is 0.493 e. The second-order valence-electron chi connectivity index (χ2n) is 4.49. The molecule has 0 radical (unpaired) electrons. The minimum absolute atomic E-state index is 0.0172. The molecule has 82 valence electrons. The summed E-state index contributed by atoms with van der Waals surface area (Å²) in [5.41, 5.74) is 7.72. The van der Waals surface area contributed by atoms with E-state index in [2.05, 4.69) is 6.07 Å². The molecule has 1 aliphatic heterocycles. The van der Waals surface area contributed by atoms with Crippen LogP contribution in [0, 0.1) is 0 Å². The molecule has 1 heterocycles. The van der Waals surface area contributed by atoms with Crippen molar-refractivity contribution >= 4 is 0 Å². The van der Waals surface area contributed by atoms with Gasteiger partial charge in [0.05, 0.1) is 13.2 Å². The van der Waals surface area contributed by atoms with Gasteiger partial charge in [-0.3, -0.25) is 0 Å². The van der Waals surface area contributed by atoms with E-state index in [1.807, 2.05) is 19.1 Å². The number of aliphatic hydroxyl groups excluding tert-OH is 1. The molecular formula is C12H17NO2. The zero-order chi connectivity index (χ0) is 10.9. The molecule has 0 saturated carbocycles. The summed E-state index contributed by atoms with van der Waals surface area (Å²) in [6.07, 6.45) is 1.62. The molecule has 0 spiro atoms. The van der Waals surface area contributed by atoms with Crippen LogP contribution < -0.4 is 10.5 Å². The zero-order valence-corrected chi connectivity index (χ0v) is 8.99. The van der Waals surface area contributed by atoms with Crippen molar-refractivity contribution in [3.63, 3.8) is 0 Å². The van der Waals surface area contributed by atoms with E-state index >= 15 is 0 Å². The van der Waals surface area contributed by atoms with Gasteiger partial charge < -0.3 is 15.6 Å². The lowest BCUT2D eigenvalue weighted by Gasteiger charge is -2.22. The number of aliphatic hydroxyl groups is 1. The Morgan fingerprint density at radius 3 is 3.07 bits per heavy atom. The van der Waals surface area contributed by atoms with Crippen LogP contribution in [0.2, 0.25) is 0 Å². The highest BCUT2D eigenvalue weighted by atomic mass is 16.5. The first-order chi connectivity index (χ1) is 7.12. The number of hydrogen-bond donors (Lipinski definition) is 2. The molecule has 1 atom stereocenters.